The fourth-order valence-electron chi connectivity index (χ4n) is 3.12. The van der Waals surface area contributed by atoms with Crippen LogP contribution in [0.4, 0.5) is 5.82 Å². The van der Waals surface area contributed by atoms with Crippen LogP contribution >= 0.6 is 23.2 Å². The number of nitrogens with zero attached hydrogens (tertiary/aromatic N) is 2. The molecule has 0 aliphatic carbocycles. The second-order valence-electron chi connectivity index (χ2n) is 6.21. The van der Waals surface area contributed by atoms with Gasteiger partial charge in [0, 0.05) is 25.3 Å². The van der Waals surface area contributed by atoms with Gasteiger partial charge >= 0.3 is 7.12 Å². The minimum atomic E-state index is -1.20. The molecule has 23 heavy (non-hydrogen) atoms. The van der Waals surface area contributed by atoms with E-state index in [9.17, 15) is 0 Å². The first kappa shape index (κ1) is 18.8. The van der Waals surface area contributed by atoms with Gasteiger partial charge in [0.2, 0.25) is 0 Å². The summed E-state index contributed by atoms with van der Waals surface area (Å²) in [5.41, 5.74) is 6.30. The highest BCUT2D eigenvalue weighted by atomic mass is 35.5. The van der Waals surface area contributed by atoms with Gasteiger partial charge in [0.15, 0.2) is 0 Å². The van der Waals surface area contributed by atoms with Gasteiger partial charge in [0.05, 0.1) is 10.0 Å². The smallest absolute Gasteiger partial charge is 0.427 e. The summed E-state index contributed by atoms with van der Waals surface area (Å²) in [6, 6.07) is 1.89. The quantitative estimate of drug-likeness (QED) is 0.514. The maximum atomic E-state index is 8.84. The van der Waals surface area contributed by atoms with Crippen LogP contribution in [0.5, 0.6) is 0 Å². The Labute approximate surface area is 147 Å². The number of nitrogens with two attached hydrogens (primary N) is 1. The zero-order chi connectivity index (χ0) is 16.8. The number of pyridine rings is 1. The first-order valence-electron chi connectivity index (χ1n) is 8.15. The normalized spacial score (nSPS) is 17.3. The van der Waals surface area contributed by atoms with Gasteiger partial charge in [-0.2, -0.15) is 0 Å². The minimum Gasteiger partial charge on any atom is -0.427 e. The molecule has 1 aliphatic heterocycles. The number of anilines is 1. The van der Waals surface area contributed by atoms with Gasteiger partial charge in [-0.25, -0.2) is 4.98 Å². The lowest BCUT2D eigenvalue weighted by Gasteiger charge is -2.35. The second-order valence-corrected chi connectivity index (χ2v) is 7.06. The van der Waals surface area contributed by atoms with Crippen LogP contribution in [0.25, 0.3) is 0 Å². The number of hydrogen-bond acceptors (Lipinski definition) is 5. The lowest BCUT2D eigenvalue weighted by Crippen LogP contribution is -2.41. The van der Waals surface area contributed by atoms with Crippen molar-refractivity contribution in [2.24, 2.45) is 11.7 Å². The van der Waals surface area contributed by atoms with E-state index in [4.69, 9.17) is 39.0 Å². The Hall–Kier alpha value is -0.525. The van der Waals surface area contributed by atoms with E-state index in [0.29, 0.717) is 22.3 Å². The number of piperidine rings is 1. The summed E-state index contributed by atoms with van der Waals surface area (Å²) in [5, 5.41) is 18.8. The van der Waals surface area contributed by atoms with E-state index >= 15 is 0 Å². The summed E-state index contributed by atoms with van der Waals surface area (Å²) in [7, 11) is -1.20. The third-order valence-corrected chi connectivity index (χ3v) is 4.97. The average Bonchev–Trinajstić information content (AvgIpc) is 2.51. The van der Waals surface area contributed by atoms with Crippen molar-refractivity contribution in [2.75, 3.05) is 18.0 Å². The Morgan fingerprint density at radius 2 is 2.00 bits per heavy atom. The highest BCUT2D eigenvalue weighted by Gasteiger charge is 2.25. The minimum absolute atomic E-state index is 0.168. The Morgan fingerprint density at radius 3 is 2.61 bits per heavy atom. The van der Waals surface area contributed by atoms with Crippen LogP contribution in [-0.4, -0.2) is 41.3 Å². The van der Waals surface area contributed by atoms with Crippen molar-refractivity contribution >= 4 is 36.1 Å². The Kier molecular flexibility index (Phi) is 7.43. The number of hydrogen-bond donors (Lipinski definition) is 3. The first-order valence-corrected chi connectivity index (χ1v) is 8.90. The third kappa shape index (κ3) is 5.80. The lowest BCUT2D eigenvalue weighted by molar-refractivity contribution is 0.320. The van der Waals surface area contributed by atoms with Crippen LogP contribution in [-0.2, 0) is 0 Å². The molecule has 4 N–H and O–H groups in total. The molecule has 8 heteroatoms. The average molecular weight is 360 g/mol. The third-order valence-electron chi connectivity index (χ3n) is 4.48. The van der Waals surface area contributed by atoms with E-state index < -0.39 is 7.12 Å². The molecule has 0 amide bonds. The number of aromatic nitrogens is 1. The van der Waals surface area contributed by atoms with Gasteiger partial charge in [-0.15, -0.1) is 0 Å². The molecule has 0 radical (unpaired) electrons. The van der Waals surface area contributed by atoms with Crippen LogP contribution in [0, 0.1) is 5.92 Å². The van der Waals surface area contributed by atoms with Gasteiger partial charge in [0.25, 0.3) is 0 Å². The van der Waals surface area contributed by atoms with E-state index in [2.05, 4.69) is 9.88 Å². The molecular formula is C15H24BCl2N3O2. The fourth-order valence-corrected chi connectivity index (χ4v) is 3.62. The summed E-state index contributed by atoms with van der Waals surface area (Å²) in [5.74, 6) is 1.29. The molecule has 1 aromatic rings. The predicted octanol–water partition coefficient (Wildman–Crippen LogP) is 2.58. The van der Waals surface area contributed by atoms with E-state index in [0.717, 1.165) is 51.0 Å². The largest absolute Gasteiger partial charge is 0.451 e. The molecule has 1 aromatic heterocycles. The SMILES string of the molecule is NC(CCCCB(O)O)C1CCN(c2ncc(Cl)cc2Cl)CC1. The maximum Gasteiger partial charge on any atom is 0.451 e. The number of unbranched alkanes of at least 4 members (excludes halogenated alkanes) is 1. The zero-order valence-electron chi connectivity index (χ0n) is 13.2. The molecule has 1 unspecified atom stereocenters. The van der Waals surface area contributed by atoms with E-state index in [1.165, 1.54) is 0 Å². The lowest BCUT2D eigenvalue weighted by atomic mass is 9.82. The van der Waals surface area contributed by atoms with E-state index in [1.54, 1.807) is 12.3 Å². The summed E-state index contributed by atoms with van der Waals surface area (Å²) >= 11 is 12.1. The fraction of sp³-hybridized carbons (Fsp3) is 0.667. The molecule has 1 aliphatic rings. The molecule has 0 spiro atoms. The van der Waals surface area contributed by atoms with Crippen LogP contribution in [0.15, 0.2) is 12.3 Å². The van der Waals surface area contributed by atoms with E-state index in [-0.39, 0.29) is 6.04 Å². The molecular weight excluding hydrogens is 336 g/mol. The number of halogens is 2. The van der Waals surface area contributed by atoms with E-state index in [1.807, 2.05) is 0 Å². The maximum absolute atomic E-state index is 8.84. The monoisotopic (exact) mass is 359 g/mol. The molecule has 1 atom stereocenters. The van der Waals surface area contributed by atoms with Crippen molar-refractivity contribution in [3.05, 3.63) is 22.3 Å². The Bertz CT molecular complexity index is 500. The molecule has 128 valence electrons. The van der Waals surface area contributed by atoms with Gasteiger partial charge in [-0.05, 0) is 37.6 Å². The summed E-state index contributed by atoms with van der Waals surface area (Å²) < 4.78 is 0. The molecule has 0 bridgehead atoms. The molecule has 0 aromatic carbocycles. The van der Waals surface area contributed by atoms with Crippen molar-refractivity contribution in [1.29, 1.82) is 0 Å². The molecule has 2 heterocycles. The predicted molar refractivity (Wildman–Crippen MR) is 96.0 cm³/mol. The van der Waals surface area contributed by atoms with Crippen LogP contribution in [0.3, 0.4) is 0 Å². The highest BCUT2D eigenvalue weighted by Crippen LogP contribution is 2.30. The van der Waals surface area contributed by atoms with Crippen LogP contribution < -0.4 is 10.6 Å². The van der Waals surface area contributed by atoms with Crippen molar-refractivity contribution in [1.82, 2.24) is 4.98 Å². The zero-order valence-corrected chi connectivity index (χ0v) is 14.7. The highest BCUT2D eigenvalue weighted by molar-refractivity contribution is 6.40. The number of rotatable bonds is 7. The molecule has 5 nitrogen and oxygen atoms in total. The topological polar surface area (TPSA) is 82.6 Å². The van der Waals surface area contributed by atoms with Gasteiger partial charge in [-0.1, -0.05) is 36.0 Å². The van der Waals surface area contributed by atoms with Crippen LogP contribution in [0.2, 0.25) is 16.4 Å². The molecule has 2 rings (SSSR count). The van der Waals surface area contributed by atoms with Gasteiger partial charge in [0.1, 0.15) is 5.82 Å². The van der Waals surface area contributed by atoms with Gasteiger partial charge < -0.3 is 20.7 Å². The van der Waals surface area contributed by atoms with Crippen molar-refractivity contribution in [3.63, 3.8) is 0 Å². The first-order chi connectivity index (χ1) is 11.0. The molecule has 1 saturated heterocycles. The molecule has 0 saturated carbocycles. The summed E-state index contributed by atoms with van der Waals surface area (Å²) in [4.78, 5) is 6.52. The summed E-state index contributed by atoms with van der Waals surface area (Å²) in [6.07, 6.45) is 6.74. The van der Waals surface area contributed by atoms with Crippen molar-refractivity contribution in [3.8, 4) is 0 Å². The standard InChI is InChI=1S/C15H24BCl2N3O2/c17-12-9-13(18)15(20-10-12)21-7-4-11(5-8-21)14(19)3-1-2-6-16(22)23/h9-11,14,22-23H,1-8,19H2. The second kappa shape index (κ2) is 9.09. The summed E-state index contributed by atoms with van der Waals surface area (Å²) in [6.45, 7) is 1.78. The Balaban J connectivity index is 1.77. The van der Waals surface area contributed by atoms with Gasteiger partial charge in [-0.3, -0.25) is 0 Å². The molecule has 1 fully saturated rings. The van der Waals surface area contributed by atoms with Crippen molar-refractivity contribution in [2.45, 2.75) is 44.5 Å². The van der Waals surface area contributed by atoms with Crippen LogP contribution in [0.1, 0.15) is 32.1 Å². The Morgan fingerprint density at radius 1 is 1.30 bits per heavy atom. The van der Waals surface area contributed by atoms with Crippen molar-refractivity contribution < 1.29 is 10.0 Å².